The van der Waals surface area contributed by atoms with Gasteiger partial charge in [0.1, 0.15) is 11.6 Å². The van der Waals surface area contributed by atoms with E-state index in [-0.39, 0.29) is 53.7 Å². The van der Waals surface area contributed by atoms with E-state index < -0.39 is 58.1 Å². The van der Waals surface area contributed by atoms with Crippen LogP contribution >= 0.6 is 0 Å². The highest BCUT2D eigenvalue weighted by Gasteiger charge is 2.36. The lowest BCUT2D eigenvalue weighted by Crippen LogP contribution is -2.43. The number of ether oxygens (including phenoxy) is 2. The van der Waals surface area contributed by atoms with E-state index in [1.165, 1.54) is 36.4 Å². The van der Waals surface area contributed by atoms with Gasteiger partial charge < -0.3 is 19.7 Å². The van der Waals surface area contributed by atoms with Crippen LogP contribution in [0.5, 0.6) is 0 Å². The van der Waals surface area contributed by atoms with Crippen molar-refractivity contribution < 1.29 is 62.1 Å². The zero-order valence-electron chi connectivity index (χ0n) is 52.3. The molecule has 18 nitrogen and oxygen atoms in total. The smallest absolute Gasteiger partial charge is 0.246 e. The number of aliphatic hydroxyl groups excluding tert-OH is 2. The molecule has 0 saturated carbocycles. The molecule has 0 spiro atoms. The Labute approximate surface area is 523 Å². The first-order chi connectivity index (χ1) is 41.6. The van der Waals surface area contributed by atoms with Gasteiger partial charge in [-0.1, -0.05) is 90.1 Å². The van der Waals surface area contributed by atoms with Crippen LogP contribution in [0.25, 0.3) is 56.9 Å². The molecule has 0 amide bonds. The third-order valence-electron chi connectivity index (χ3n) is 15.6. The summed E-state index contributed by atoms with van der Waals surface area (Å²) in [5.74, 6) is -1.89. The average Bonchev–Trinajstić information content (AvgIpc) is 1.75. The van der Waals surface area contributed by atoms with Crippen LogP contribution in [0.1, 0.15) is 151 Å². The molecule has 5 heterocycles. The van der Waals surface area contributed by atoms with Crippen molar-refractivity contribution in [1.82, 2.24) is 19.9 Å². The van der Waals surface area contributed by atoms with Gasteiger partial charge in [-0.2, -0.15) is 0 Å². The van der Waals surface area contributed by atoms with Crippen molar-refractivity contribution in [1.29, 1.82) is 0 Å². The van der Waals surface area contributed by atoms with Crippen LogP contribution in [-0.4, -0.2) is 119 Å². The molecule has 89 heavy (non-hydrogen) atoms. The fourth-order valence-electron chi connectivity index (χ4n) is 11.8. The maximum absolute atomic E-state index is 14.2. The minimum absolute atomic E-state index is 0.00415. The molecule has 1 saturated heterocycles. The number of aromatic nitrogens is 4. The highest BCUT2D eigenvalue weighted by molar-refractivity contribution is 8.10. The predicted octanol–water partition coefficient (Wildman–Crippen LogP) is 11.4. The van der Waals surface area contributed by atoms with Crippen LogP contribution in [0.2, 0.25) is 0 Å². The highest BCUT2D eigenvalue weighted by Crippen LogP contribution is 2.45. The maximum atomic E-state index is 14.2. The minimum Gasteiger partial charge on any atom is -0.393 e. The Morgan fingerprint density at radius 1 is 0.596 bits per heavy atom. The van der Waals surface area contributed by atoms with E-state index in [4.69, 9.17) is 19.4 Å². The summed E-state index contributed by atoms with van der Waals surface area (Å²) in [4.78, 5) is 19.4. The van der Waals surface area contributed by atoms with E-state index in [2.05, 4.69) is 42.9 Å². The molecular formula is C65H80F2N6O12S4. The Morgan fingerprint density at radius 3 is 1.39 bits per heavy atom. The molecule has 2 N–H and O–H groups in total. The van der Waals surface area contributed by atoms with Gasteiger partial charge in [0, 0.05) is 35.1 Å². The summed E-state index contributed by atoms with van der Waals surface area (Å²) in [6, 6.07) is 18.8. The molecule has 1 aliphatic heterocycles. The van der Waals surface area contributed by atoms with Gasteiger partial charge in [0.2, 0.25) is 40.1 Å². The van der Waals surface area contributed by atoms with Crippen LogP contribution in [0.4, 0.5) is 20.4 Å². The van der Waals surface area contributed by atoms with Gasteiger partial charge in [-0.25, -0.2) is 52.4 Å². The third-order valence-corrected chi connectivity index (χ3v) is 22.0. The SMILES string of the molecule is CC[C@H](O)C[C@H](O)/C=C/c1c(C(C)C)nc2c(c1-c1ccc(F)cc1)CCCc1nc(N(S(C)(=O)=O)S(C)(=O)=O)ccc1-2.CC[C@H]1C[C@@H](/C=C/c2c(C(C)C)nc3c(c2-c2ccc(F)cc2)CCCc2nc(N(S(C)(=O)=O)S(C)(=O)=O)ccc2-3)OC(C)(C)O1. The van der Waals surface area contributed by atoms with Crippen molar-refractivity contribution in [3.8, 4) is 44.8 Å². The van der Waals surface area contributed by atoms with Crippen molar-refractivity contribution in [2.24, 2.45) is 0 Å². The van der Waals surface area contributed by atoms with Gasteiger partial charge >= 0.3 is 0 Å². The largest absolute Gasteiger partial charge is 0.393 e. The van der Waals surface area contributed by atoms with Crippen molar-refractivity contribution in [2.75, 3.05) is 32.4 Å². The molecule has 4 aromatic heterocycles. The average molecular weight is 1300 g/mol. The number of aliphatic hydroxyl groups is 2. The first kappa shape index (κ1) is 68.5. The fraction of sp³-hybridized carbons (Fsp3) is 0.446. The van der Waals surface area contributed by atoms with Crippen molar-refractivity contribution in [3.05, 3.63) is 142 Å². The summed E-state index contributed by atoms with van der Waals surface area (Å²) >= 11 is 0. The normalized spacial score (nSPS) is 17.6. The molecule has 0 bridgehead atoms. The van der Waals surface area contributed by atoms with Gasteiger partial charge in [0.05, 0.1) is 83.6 Å². The van der Waals surface area contributed by atoms with Gasteiger partial charge in [-0.3, -0.25) is 9.97 Å². The Balaban J connectivity index is 0.000000231. The molecule has 480 valence electrons. The number of fused-ring (bicyclic) bond motifs is 6. The lowest BCUT2D eigenvalue weighted by Gasteiger charge is -2.39. The number of rotatable bonds is 18. The van der Waals surface area contributed by atoms with Crippen molar-refractivity contribution in [3.63, 3.8) is 0 Å². The number of halogens is 2. The number of aryl methyl sites for hydroxylation is 2. The van der Waals surface area contributed by atoms with Gasteiger partial charge in [0.15, 0.2) is 17.4 Å². The monoisotopic (exact) mass is 1300 g/mol. The summed E-state index contributed by atoms with van der Waals surface area (Å²) in [6.45, 7) is 15.9. The van der Waals surface area contributed by atoms with Gasteiger partial charge in [-0.15, -0.1) is 7.42 Å². The second-order valence-corrected chi connectivity index (χ2v) is 31.8. The summed E-state index contributed by atoms with van der Waals surface area (Å²) in [6.07, 6.45) is 15.0. The zero-order valence-corrected chi connectivity index (χ0v) is 55.6. The number of hydrogen-bond donors (Lipinski definition) is 2. The maximum Gasteiger partial charge on any atom is 0.246 e. The number of anilines is 2. The molecule has 2 aromatic carbocycles. The standard InChI is InChI=1S/C34H42FN3O6S2.C31H38FN3O6S2/c1-8-24-20-25(44-34(4,5)43-24)16-17-28-31(22-12-14-23(35)15-13-22)27-10-9-11-29-26(33(27)37-32(28)21(2)3)18-19-30(36-29)38(45(6,39)40)46(7,41)42;1-6-22(36)18-23(37)14-15-26-29(20-10-12-21(32)13-11-20)25-8-7-9-27-24(31(25)34-30(26)19(2)3)16-17-28(33-27)35(42(4,38)39)43(5,40)41/h12-19,21,24-25H,8-11,20H2,1-7H3;10-17,19,22-23,36-37H,6-9,18H2,1-5H3/b17-16+;15-14+/t24-,25+;22-,23+/m00/s1. The third kappa shape index (κ3) is 16.0. The van der Waals surface area contributed by atoms with E-state index in [1.54, 1.807) is 42.5 Å². The minimum atomic E-state index is -4.17. The first-order valence-electron chi connectivity index (χ1n) is 29.7. The van der Waals surface area contributed by atoms with Crippen LogP contribution in [0.3, 0.4) is 0 Å². The molecule has 1 fully saturated rings. The molecule has 24 heteroatoms. The topological polar surface area (TPSA) is 254 Å². The van der Waals surface area contributed by atoms with E-state index in [0.717, 1.165) is 93.8 Å². The summed E-state index contributed by atoms with van der Waals surface area (Å²) < 4.78 is 141. The lowest BCUT2D eigenvalue weighted by atomic mass is 9.86. The Hall–Kier alpha value is -6.38. The quantitative estimate of drug-likeness (QED) is 0.0811. The highest BCUT2D eigenvalue weighted by atomic mass is 32.3. The molecule has 0 radical (unpaired) electrons. The molecule has 0 unspecified atom stereocenters. The second kappa shape index (κ2) is 27.2. The van der Waals surface area contributed by atoms with Crippen molar-refractivity contribution in [2.45, 2.75) is 162 Å². The summed E-state index contributed by atoms with van der Waals surface area (Å²) in [5.41, 5.74) is 12.3. The number of nitrogens with zero attached hydrogens (tertiary/aromatic N) is 6. The molecule has 6 aromatic rings. The number of hydrogen-bond acceptors (Lipinski definition) is 16. The first-order valence-corrected chi connectivity index (χ1v) is 37.1. The van der Waals surface area contributed by atoms with Gasteiger partial charge in [-0.05, 0) is 159 Å². The van der Waals surface area contributed by atoms with Gasteiger partial charge in [0.25, 0.3) is 0 Å². The van der Waals surface area contributed by atoms with E-state index in [0.29, 0.717) is 86.3 Å². The predicted molar refractivity (Wildman–Crippen MR) is 346 cm³/mol. The van der Waals surface area contributed by atoms with Crippen LogP contribution < -0.4 is 7.42 Å². The van der Waals surface area contributed by atoms with E-state index in [9.17, 15) is 52.7 Å². The van der Waals surface area contributed by atoms with Crippen LogP contribution in [0, 0.1) is 11.6 Å². The molecule has 3 aliphatic rings. The number of benzene rings is 2. The molecular weight excluding hydrogens is 1220 g/mol. The summed E-state index contributed by atoms with van der Waals surface area (Å²) in [7, 11) is -16.7. The molecule has 9 rings (SSSR count). The second-order valence-electron chi connectivity index (χ2n) is 24.1. The Bertz CT molecular complexity index is 4080. The Kier molecular flexibility index (Phi) is 21.0. The summed E-state index contributed by atoms with van der Waals surface area (Å²) in [5, 5.41) is 20.7. The van der Waals surface area contributed by atoms with Crippen LogP contribution in [-0.2, 0) is 75.3 Å². The van der Waals surface area contributed by atoms with Crippen LogP contribution in [0.15, 0.2) is 84.9 Å². The number of sulfonamides is 4. The molecule has 4 atom stereocenters. The molecule has 2 aliphatic carbocycles. The Morgan fingerprint density at radius 2 is 1.01 bits per heavy atom. The number of pyridine rings is 4. The van der Waals surface area contributed by atoms with E-state index in [1.807, 2.05) is 40.7 Å². The van der Waals surface area contributed by atoms with E-state index >= 15 is 0 Å². The zero-order chi connectivity index (χ0) is 65.3. The van der Waals surface area contributed by atoms with Crippen molar-refractivity contribution >= 4 is 63.9 Å². The lowest BCUT2D eigenvalue weighted by molar-refractivity contribution is -0.290. The fourth-order valence-corrected chi connectivity index (χ4v) is 17.5.